The van der Waals surface area contributed by atoms with Crippen molar-refractivity contribution in [3.8, 4) is 0 Å². The van der Waals surface area contributed by atoms with Crippen LogP contribution in [0.25, 0.3) is 0 Å². The van der Waals surface area contributed by atoms with Gasteiger partial charge in [0.25, 0.3) is 0 Å². The van der Waals surface area contributed by atoms with Crippen molar-refractivity contribution in [3.05, 3.63) is 0 Å². The molecule has 72 valence electrons. The Hall–Kier alpha value is -0.530. The molecular weight excluding hydrogens is 167 g/mol. The Balaban J connectivity index is 4.07. The summed E-state index contributed by atoms with van der Waals surface area (Å²) in [4.78, 5) is 10.0. The van der Waals surface area contributed by atoms with Crippen molar-refractivity contribution in [2.24, 2.45) is 5.73 Å². The summed E-state index contributed by atoms with van der Waals surface area (Å²) in [5.41, 5.74) is 5.04. The molecule has 0 aromatic carbocycles. The molecule has 0 saturated carbocycles. The minimum atomic E-state index is -1.62. The molecule has 0 saturated heterocycles. The molecule has 0 bridgehead atoms. The summed E-state index contributed by atoms with van der Waals surface area (Å²) >= 11 is 0. The summed E-state index contributed by atoms with van der Waals surface area (Å²) < 4.78 is 0. The summed E-state index contributed by atoms with van der Waals surface area (Å²) in [5.74, 6) is 0. The monoisotopic (exact) mass is 180 g/mol. The molecule has 0 unspecified atom stereocenters. The fourth-order valence-electron chi connectivity index (χ4n) is 0.644. The van der Waals surface area contributed by atoms with Crippen molar-refractivity contribution in [3.63, 3.8) is 0 Å². The molecule has 6 nitrogen and oxygen atoms in total. The second-order valence-electron chi connectivity index (χ2n) is 2.44. The van der Waals surface area contributed by atoms with E-state index in [0.29, 0.717) is 0 Å². The average Bonchev–Trinajstić information content (AvgIpc) is 2.12. The maximum atomic E-state index is 10.0. The predicted octanol–water partition coefficient (Wildman–Crippen LogP) is -3.41. The number of aliphatic hydroxyl groups is 4. The number of nitrogens with two attached hydrogens (primary N) is 1. The van der Waals surface area contributed by atoms with Crippen molar-refractivity contribution in [1.82, 2.24) is 0 Å². The van der Waals surface area contributed by atoms with Gasteiger partial charge in [-0.1, -0.05) is 0 Å². The maximum absolute atomic E-state index is 10.0. The summed E-state index contributed by atoms with van der Waals surface area (Å²) in [5, 5.41) is 35.2. The van der Waals surface area contributed by atoms with Crippen molar-refractivity contribution >= 4 is 6.29 Å². The number of rotatable bonds is 5. The van der Waals surface area contributed by atoms with Crippen LogP contribution in [0.5, 0.6) is 0 Å². The normalized spacial score (nSPS) is 21.1. The van der Waals surface area contributed by atoms with Gasteiger partial charge in [-0.05, 0) is 0 Å². The lowest BCUT2D eigenvalue weighted by Crippen LogP contribution is -2.49. The van der Waals surface area contributed by atoms with Gasteiger partial charge in [-0.2, -0.15) is 0 Å². The van der Waals surface area contributed by atoms with Gasteiger partial charge in [-0.15, -0.1) is 0 Å². The number of hydrogen-bond donors (Lipinski definition) is 5. The Morgan fingerprint density at radius 2 is 1.75 bits per heavy atom. The number of hydrogen-bond acceptors (Lipinski definition) is 6. The molecule has 6 heteroatoms. The van der Waals surface area contributed by atoms with E-state index < -0.39 is 31.0 Å². The van der Waals surface area contributed by atoms with Gasteiger partial charge >= 0.3 is 0 Å². The summed E-state index contributed by atoms with van der Waals surface area (Å²) in [7, 11) is 0. The fraction of sp³-hybridized carbons (Fsp3) is 0.833. The van der Waals surface area contributed by atoms with Crippen LogP contribution in [0.4, 0.5) is 0 Å². The second-order valence-corrected chi connectivity index (χ2v) is 2.44. The summed E-state index contributed by atoms with van der Waals surface area (Å²) in [6.45, 7) is -0.705. The van der Waals surface area contributed by atoms with E-state index in [2.05, 4.69) is 0 Å². The van der Waals surface area contributed by atoms with Crippen molar-refractivity contribution in [2.45, 2.75) is 24.4 Å². The number of aliphatic hydroxyl groups excluding tert-OH is 4. The van der Waals surface area contributed by atoms with E-state index in [1.54, 1.807) is 0 Å². The Morgan fingerprint density at radius 3 is 2.08 bits per heavy atom. The highest BCUT2D eigenvalue weighted by Crippen LogP contribution is 2.01. The highest BCUT2D eigenvalue weighted by Gasteiger charge is 2.28. The molecule has 0 aliphatic carbocycles. The lowest BCUT2D eigenvalue weighted by atomic mass is 10.1. The van der Waals surface area contributed by atoms with Crippen LogP contribution < -0.4 is 5.73 Å². The molecule has 4 atom stereocenters. The van der Waals surface area contributed by atoms with Crippen molar-refractivity contribution in [2.75, 3.05) is 6.61 Å². The number of aldehydes is 1. The quantitative estimate of drug-likeness (QED) is 0.222. The third kappa shape index (κ3) is 2.84. The standard InChI is InChI=1S/C6H13NO5/c7-3(1-8)5(11)6(12)4(10)2-9/h1,3-6,9-12H,2,7H2/t3-,4-,5-,6-/m1/s1/i1+1. The van der Waals surface area contributed by atoms with Crippen LogP contribution in [0.1, 0.15) is 0 Å². The van der Waals surface area contributed by atoms with Crippen molar-refractivity contribution < 1.29 is 25.2 Å². The minimum absolute atomic E-state index is 0.248. The van der Waals surface area contributed by atoms with Gasteiger partial charge < -0.3 is 31.0 Å². The van der Waals surface area contributed by atoms with Crippen LogP contribution in [0.3, 0.4) is 0 Å². The molecule has 0 fully saturated rings. The van der Waals surface area contributed by atoms with E-state index >= 15 is 0 Å². The number of carbonyl (C=O) groups is 1. The largest absolute Gasteiger partial charge is 0.394 e. The summed E-state index contributed by atoms with van der Waals surface area (Å²) in [6, 6.07) is -1.26. The van der Waals surface area contributed by atoms with Gasteiger partial charge in [0, 0.05) is 0 Å². The molecule has 0 heterocycles. The lowest BCUT2D eigenvalue weighted by Gasteiger charge is -2.23. The zero-order chi connectivity index (χ0) is 9.72. The smallest absolute Gasteiger partial charge is 0.139 e. The molecule has 0 amide bonds. The van der Waals surface area contributed by atoms with Crippen molar-refractivity contribution in [1.29, 1.82) is 0 Å². The van der Waals surface area contributed by atoms with Gasteiger partial charge in [0.1, 0.15) is 24.6 Å². The maximum Gasteiger partial charge on any atom is 0.139 e. The molecule has 12 heavy (non-hydrogen) atoms. The molecular formula is C6H13NO5. The molecule has 0 aromatic rings. The van der Waals surface area contributed by atoms with Gasteiger partial charge in [-0.25, -0.2) is 0 Å². The second kappa shape index (κ2) is 5.18. The van der Waals surface area contributed by atoms with Crippen LogP contribution in [0, 0.1) is 0 Å². The molecule has 6 N–H and O–H groups in total. The molecule has 0 spiro atoms. The predicted molar refractivity (Wildman–Crippen MR) is 39.1 cm³/mol. The third-order valence-electron chi connectivity index (χ3n) is 1.48. The van der Waals surface area contributed by atoms with E-state index in [9.17, 15) is 4.79 Å². The Kier molecular flexibility index (Phi) is 4.95. The van der Waals surface area contributed by atoms with E-state index in [-0.39, 0.29) is 6.29 Å². The minimum Gasteiger partial charge on any atom is -0.394 e. The van der Waals surface area contributed by atoms with Gasteiger partial charge in [0.15, 0.2) is 0 Å². The van der Waals surface area contributed by atoms with Crippen LogP contribution >= 0.6 is 0 Å². The first-order valence-corrected chi connectivity index (χ1v) is 3.40. The molecule has 0 rings (SSSR count). The highest BCUT2D eigenvalue weighted by molar-refractivity contribution is 5.58. The Morgan fingerprint density at radius 1 is 1.25 bits per heavy atom. The Bertz CT molecular complexity index is 142. The first-order valence-electron chi connectivity index (χ1n) is 3.40. The van der Waals surface area contributed by atoms with Gasteiger partial charge in [0.05, 0.1) is 12.6 Å². The van der Waals surface area contributed by atoms with Crippen LogP contribution in [0.15, 0.2) is 0 Å². The topological polar surface area (TPSA) is 124 Å². The third-order valence-corrected chi connectivity index (χ3v) is 1.48. The van der Waals surface area contributed by atoms with E-state index in [1.165, 1.54) is 0 Å². The highest BCUT2D eigenvalue weighted by atomic mass is 16.4. The number of carbonyl (C=O) groups excluding carboxylic acids is 1. The molecule has 0 aromatic heterocycles. The Labute approximate surface area is 69.2 Å². The van der Waals surface area contributed by atoms with E-state index in [4.69, 9.17) is 26.2 Å². The zero-order valence-electron chi connectivity index (χ0n) is 6.37. The summed E-state index contributed by atoms with van der Waals surface area (Å²) in [6.07, 6.45) is -4.43. The van der Waals surface area contributed by atoms with Gasteiger partial charge in [-0.3, -0.25) is 0 Å². The zero-order valence-corrected chi connectivity index (χ0v) is 6.37. The van der Waals surface area contributed by atoms with Crippen LogP contribution in [-0.4, -0.2) is 57.7 Å². The van der Waals surface area contributed by atoms with Crippen LogP contribution in [-0.2, 0) is 4.79 Å². The van der Waals surface area contributed by atoms with Gasteiger partial charge in [0.2, 0.25) is 0 Å². The molecule has 0 aliphatic rings. The molecule has 0 aliphatic heterocycles. The van der Waals surface area contributed by atoms with Crippen LogP contribution in [0.2, 0.25) is 0 Å². The first-order chi connectivity index (χ1) is 5.54. The molecule has 0 radical (unpaired) electrons. The first kappa shape index (κ1) is 11.5. The van der Waals surface area contributed by atoms with E-state index in [1.807, 2.05) is 0 Å². The fourth-order valence-corrected chi connectivity index (χ4v) is 0.644. The van der Waals surface area contributed by atoms with E-state index in [0.717, 1.165) is 0 Å². The SMILES string of the molecule is N[C@H]([13CH]=O)[C@@H](O)[C@H](O)[C@H](O)CO. The lowest BCUT2D eigenvalue weighted by molar-refractivity contribution is -0.118. The average molecular weight is 180 g/mol.